The summed E-state index contributed by atoms with van der Waals surface area (Å²) in [6.45, 7) is 0. The number of rotatable bonds is 0. The van der Waals surface area contributed by atoms with Gasteiger partial charge in [-0.05, 0) is 0 Å². The van der Waals surface area contributed by atoms with E-state index in [2.05, 4.69) is 12.6 Å². The van der Waals surface area contributed by atoms with Crippen LogP contribution in [0.15, 0.2) is 0 Å². The van der Waals surface area contributed by atoms with Crippen molar-refractivity contribution in [2.45, 2.75) is 0 Å². The first-order chi connectivity index (χ1) is 1.41. The van der Waals surface area contributed by atoms with E-state index >= 15 is 0 Å². The van der Waals surface area contributed by atoms with E-state index in [1.807, 2.05) is 0 Å². The summed E-state index contributed by atoms with van der Waals surface area (Å²) in [5, 5.41) is 8.47. The average molecular weight is 144 g/mol. The molecule has 0 fully saturated rings. The van der Waals surface area contributed by atoms with Crippen LogP contribution in [-0.2, 0) is 12.6 Å². The topological polar surface area (TPSA) is 23.8 Å². The zero-order valence-electron chi connectivity index (χ0n) is 2.36. The van der Waals surface area contributed by atoms with Crippen molar-refractivity contribution in [2.75, 3.05) is 0 Å². The van der Waals surface area contributed by atoms with Gasteiger partial charge in [0.2, 0.25) is 0 Å². The van der Waals surface area contributed by atoms with Crippen LogP contribution in [0.3, 0.4) is 0 Å². The van der Waals surface area contributed by atoms with Crippen LogP contribution in [0, 0.1) is 10.7 Å². The summed E-state index contributed by atoms with van der Waals surface area (Å²) in [4.78, 5) is 0. The van der Waals surface area contributed by atoms with E-state index in [0.29, 0.717) is 0 Å². The molecule has 0 aliphatic rings. The zero-order chi connectivity index (χ0) is 2.71. The predicted octanol–water partition coefficient (Wildman–Crippen LogP) is -2.98. The monoisotopic (exact) mass is 143 g/mol. The minimum absolute atomic E-state index is 0. The number of hydrogen-bond donors (Lipinski definition) is 0. The van der Waals surface area contributed by atoms with Gasteiger partial charge in [0.1, 0.15) is 0 Å². The molecule has 1 nitrogen and oxygen atoms in total. The fourth-order valence-electron chi connectivity index (χ4n) is 0. The first-order valence-electron chi connectivity index (χ1n) is 0.428. The maximum atomic E-state index is 7.13. The molecule has 0 bridgehead atoms. The van der Waals surface area contributed by atoms with Gasteiger partial charge >= 0.3 is 58.2 Å². The van der Waals surface area contributed by atoms with E-state index in [4.69, 9.17) is 5.26 Å². The summed E-state index contributed by atoms with van der Waals surface area (Å²) in [5.74, 6) is 0. The number of hydrogen-bond acceptors (Lipinski definition) is 2. The van der Waals surface area contributed by atoms with Crippen LogP contribution in [0.25, 0.3) is 0 Å². The van der Waals surface area contributed by atoms with Gasteiger partial charge in [0.25, 0.3) is 0 Å². The van der Waals surface area contributed by atoms with Crippen LogP contribution in [0.4, 0.5) is 0 Å². The fourth-order valence-corrected chi connectivity index (χ4v) is 0. The van der Waals surface area contributed by atoms with Crippen molar-refractivity contribution in [3.63, 3.8) is 0 Å². The molecule has 16 valence electrons. The fraction of sp³-hybridized carbons (Fsp3) is 0. The Morgan fingerprint density at radius 1 is 1.75 bits per heavy atom. The molecule has 0 aromatic carbocycles. The zero-order valence-corrected chi connectivity index (χ0v) is 8.09. The number of nitriles is 1. The standard InChI is InChI=1S/CHNS.Rb/c2-1-3;/h3H;/q;+1/p-1. The summed E-state index contributed by atoms with van der Waals surface area (Å²) in [5.41, 5.74) is 0. The molecule has 0 radical (unpaired) electrons. The first kappa shape index (κ1) is 9.10. The van der Waals surface area contributed by atoms with E-state index in [0.717, 1.165) is 0 Å². The van der Waals surface area contributed by atoms with Crippen LogP contribution in [0.1, 0.15) is 0 Å². The van der Waals surface area contributed by atoms with Crippen molar-refractivity contribution in [3.05, 3.63) is 0 Å². The molecule has 0 saturated carbocycles. The maximum Gasteiger partial charge on any atom is 1.00 e. The van der Waals surface area contributed by atoms with Gasteiger partial charge in [-0.25, -0.2) is 5.26 Å². The maximum absolute atomic E-state index is 7.13. The van der Waals surface area contributed by atoms with E-state index in [1.165, 1.54) is 5.40 Å². The van der Waals surface area contributed by atoms with Crippen molar-refractivity contribution >= 4 is 12.6 Å². The molecule has 0 rings (SSSR count). The van der Waals surface area contributed by atoms with Crippen LogP contribution < -0.4 is 58.2 Å². The van der Waals surface area contributed by atoms with Crippen LogP contribution in [0.5, 0.6) is 0 Å². The van der Waals surface area contributed by atoms with Gasteiger partial charge < -0.3 is 12.6 Å². The predicted molar refractivity (Wildman–Crippen MR) is 13.0 cm³/mol. The molecule has 0 aliphatic heterocycles. The molecular formula is CNRbS. The van der Waals surface area contributed by atoms with E-state index < -0.39 is 0 Å². The summed E-state index contributed by atoms with van der Waals surface area (Å²) < 4.78 is 0. The van der Waals surface area contributed by atoms with E-state index in [9.17, 15) is 0 Å². The number of nitrogens with zero attached hydrogens (tertiary/aromatic N) is 1. The van der Waals surface area contributed by atoms with Crippen LogP contribution >= 0.6 is 0 Å². The Kier molecular flexibility index (Phi) is 20.1. The van der Waals surface area contributed by atoms with Gasteiger partial charge in [-0.15, -0.1) is 0 Å². The molecule has 3 heteroatoms. The molecule has 0 saturated heterocycles. The van der Waals surface area contributed by atoms with Gasteiger partial charge in [0.05, 0.1) is 0 Å². The number of thiocyanates is 1. The largest absolute Gasteiger partial charge is 1.00 e. The second kappa shape index (κ2) is 8.82. The molecule has 0 atom stereocenters. The van der Waals surface area contributed by atoms with Gasteiger partial charge in [0.15, 0.2) is 0 Å². The van der Waals surface area contributed by atoms with Gasteiger partial charge in [0, 0.05) is 0 Å². The quantitative estimate of drug-likeness (QED) is 0.267. The summed E-state index contributed by atoms with van der Waals surface area (Å²) in [7, 11) is 0. The third-order valence-corrected chi connectivity index (χ3v) is 0. The SMILES string of the molecule is N#C[S-].[Rb+]. The summed E-state index contributed by atoms with van der Waals surface area (Å²) >= 11 is 3.70. The van der Waals surface area contributed by atoms with Crippen LogP contribution in [-0.4, -0.2) is 0 Å². The molecule has 0 amide bonds. The molecule has 0 spiro atoms. The molecule has 4 heavy (non-hydrogen) atoms. The Hall–Kier alpha value is 1.52. The van der Waals surface area contributed by atoms with Crippen molar-refractivity contribution in [1.29, 1.82) is 5.26 Å². The molecular weight excluding hydrogens is 144 g/mol. The average Bonchev–Trinajstić information content (AvgIpc) is 0.918. The third kappa shape index (κ3) is 9.69. The van der Waals surface area contributed by atoms with Gasteiger partial charge in [-0.1, -0.05) is 5.40 Å². The third-order valence-electron chi connectivity index (χ3n) is 0. The first-order valence-corrected chi connectivity index (χ1v) is 0.836. The van der Waals surface area contributed by atoms with Crippen molar-refractivity contribution in [1.82, 2.24) is 0 Å². The van der Waals surface area contributed by atoms with E-state index in [-0.39, 0.29) is 58.2 Å². The van der Waals surface area contributed by atoms with E-state index in [1.54, 1.807) is 0 Å². The second-order valence-electron chi connectivity index (χ2n) is 0.0913. The Morgan fingerprint density at radius 2 is 1.75 bits per heavy atom. The smallest absolute Gasteiger partial charge is 0.696 e. The second-order valence-corrected chi connectivity index (χ2v) is 0.274. The molecule has 0 heterocycles. The summed E-state index contributed by atoms with van der Waals surface area (Å²) in [6.07, 6.45) is 0. The molecule has 0 unspecified atom stereocenters. The Bertz CT molecular complexity index is 29.5. The van der Waals surface area contributed by atoms with Crippen LogP contribution in [0.2, 0.25) is 0 Å². The minimum atomic E-state index is 0. The Morgan fingerprint density at radius 3 is 1.75 bits per heavy atom. The summed E-state index contributed by atoms with van der Waals surface area (Å²) in [6, 6.07) is 0. The van der Waals surface area contributed by atoms with Crippen molar-refractivity contribution < 1.29 is 58.2 Å². The van der Waals surface area contributed by atoms with Crippen molar-refractivity contribution in [2.24, 2.45) is 0 Å². The Labute approximate surface area is 79.6 Å². The van der Waals surface area contributed by atoms with Gasteiger partial charge in [-0.2, -0.15) is 0 Å². The molecule has 0 N–H and O–H groups in total. The molecule has 0 aliphatic carbocycles. The minimum Gasteiger partial charge on any atom is -0.696 e. The van der Waals surface area contributed by atoms with Crippen molar-refractivity contribution in [3.8, 4) is 5.40 Å². The molecule has 0 aromatic rings. The molecule has 0 aromatic heterocycles. The Balaban J connectivity index is 0. The van der Waals surface area contributed by atoms with Gasteiger partial charge in [-0.3, -0.25) is 0 Å². The normalized spacial score (nSPS) is 1.75.